The highest BCUT2D eigenvalue weighted by molar-refractivity contribution is 5.12. The average molecular weight is 153 g/mol. The Bertz CT molecular complexity index is 230. The van der Waals surface area contributed by atoms with Crippen LogP contribution in [-0.4, -0.2) is 11.2 Å². The molecule has 1 rings (SSSR count). The van der Waals surface area contributed by atoms with E-state index in [1.807, 2.05) is 23.3 Å². The molecule has 0 N–H and O–H groups in total. The molecule has 0 spiro atoms. The van der Waals surface area contributed by atoms with Gasteiger partial charge >= 0.3 is 0 Å². The highest BCUT2D eigenvalue weighted by Crippen LogP contribution is 1.81. The molecular weight excluding hydrogens is 140 g/mol. The molecule has 3 heteroatoms. The summed E-state index contributed by atoms with van der Waals surface area (Å²) in [5.41, 5.74) is 0. The summed E-state index contributed by atoms with van der Waals surface area (Å²) in [5.74, 6) is 0. The minimum absolute atomic E-state index is 0.742. The van der Waals surface area contributed by atoms with Crippen LogP contribution in [0.1, 0.15) is 13.3 Å². The van der Waals surface area contributed by atoms with E-state index in [2.05, 4.69) is 13.5 Å². The molecule has 0 radical (unpaired) electrons. The van der Waals surface area contributed by atoms with E-state index in [1.165, 1.54) is 0 Å². The van der Waals surface area contributed by atoms with E-state index in [1.54, 1.807) is 10.9 Å². The van der Waals surface area contributed by atoms with Crippen molar-refractivity contribution < 1.29 is 9.57 Å². The number of hydrogen-bond donors (Lipinski definition) is 0. The Hall–Kier alpha value is -1.25. The predicted molar refractivity (Wildman–Crippen MR) is 42.8 cm³/mol. The minimum Gasteiger partial charge on any atom is -0.336 e. The Kier molecular flexibility index (Phi) is 2.72. The van der Waals surface area contributed by atoms with E-state index in [0.717, 1.165) is 13.0 Å². The molecule has 11 heavy (non-hydrogen) atoms. The van der Waals surface area contributed by atoms with Crippen molar-refractivity contribution >= 4 is 6.20 Å². The Morgan fingerprint density at radius 2 is 2.55 bits per heavy atom. The second kappa shape index (κ2) is 3.81. The zero-order valence-electron chi connectivity index (χ0n) is 6.73. The largest absolute Gasteiger partial charge is 0.336 e. The van der Waals surface area contributed by atoms with Gasteiger partial charge in [0, 0.05) is 0 Å². The highest BCUT2D eigenvalue weighted by Gasteiger charge is 1.99. The van der Waals surface area contributed by atoms with E-state index in [-0.39, 0.29) is 0 Å². The topological polar surface area (TPSA) is 18.0 Å². The van der Waals surface area contributed by atoms with Gasteiger partial charge in [-0.1, -0.05) is 18.2 Å². The molecule has 0 unspecified atom stereocenters. The van der Waals surface area contributed by atoms with Crippen molar-refractivity contribution in [2.45, 2.75) is 13.3 Å². The van der Waals surface area contributed by atoms with Gasteiger partial charge in [-0.3, -0.25) is 0 Å². The van der Waals surface area contributed by atoms with Gasteiger partial charge in [0.1, 0.15) is 12.8 Å². The van der Waals surface area contributed by atoms with Gasteiger partial charge in [-0.25, -0.2) is 4.57 Å². The lowest BCUT2D eigenvalue weighted by atomic mass is 10.5. The second-order valence-electron chi connectivity index (χ2n) is 2.24. The first-order chi connectivity index (χ1) is 5.36. The molecule has 0 aliphatic heterocycles. The zero-order chi connectivity index (χ0) is 8.10. The number of rotatable bonds is 4. The van der Waals surface area contributed by atoms with Crippen molar-refractivity contribution in [2.24, 2.45) is 0 Å². The third kappa shape index (κ3) is 2.11. The fourth-order valence-electron chi connectivity index (χ4n) is 0.732. The first-order valence-electron chi connectivity index (χ1n) is 3.71. The molecule has 0 aliphatic rings. The maximum atomic E-state index is 5.29. The molecule has 0 fully saturated rings. The number of aromatic nitrogens is 2. The summed E-state index contributed by atoms with van der Waals surface area (Å²) in [7, 11) is 0. The Labute approximate surface area is 66.5 Å². The van der Waals surface area contributed by atoms with Crippen LogP contribution in [-0.2, 0) is 0 Å². The second-order valence-corrected chi connectivity index (χ2v) is 2.24. The monoisotopic (exact) mass is 153 g/mol. The summed E-state index contributed by atoms with van der Waals surface area (Å²) in [5, 5.41) is 0. The summed E-state index contributed by atoms with van der Waals surface area (Å²) in [6, 6.07) is 0. The maximum Gasteiger partial charge on any atom is 0.288 e. The molecule has 60 valence electrons. The van der Waals surface area contributed by atoms with Crippen LogP contribution in [0.4, 0.5) is 0 Å². The molecular formula is C8H13N2O+. The van der Waals surface area contributed by atoms with Gasteiger partial charge in [0.25, 0.3) is 6.33 Å². The first kappa shape index (κ1) is 7.85. The minimum atomic E-state index is 0.742. The van der Waals surface area contributed by atoms with Gasteiger partial charge in [0.05, 0.1) is 6.20 Å². The molecule has 1 heterocycles. The van der Waals surface area contributed by atoms with E-state index >= 15 is 0 Å². The summed E-state index contributed by atoms with van der Waals surface area (Å²) in [6.45, 7) is 6.43. The number of imidazole rings is 1. The van der Waals surface area contributed by atoms with Crippen molar-refractivity contribution in [1.29, 1.82) is 0 Å². The van der Waals surface area contributed by atoms with Crippen LogP contribution >= 0.6 is 0 Å². The summed E-state index contributed by atoms with van der Waals surface area (Å²) in [6.07, 6.45) is 8.28. The van der Waals surface area contributed by atoms with Crippen molar-refractivity contribution in [3.05, 3.63) is 25.3 Å². The fraction of sp³-hybridized carbons (Fsp3) is 0.375. The quantitative estimate of drug-likeness (QED) is 0.583. The molecule has 0 bridgehead atoms. The first-order valence-corrected chi connectivity index (χ1v) is 3.71. The van der Waals surface area contributed by atoms with E-state index < -0.39 is 0 Å². The molecule has 1 aromatic heterocycles. The molecule has 0 atom stereocenters. The lowest BCUT2D eigenvalue weighted by molar-refractivity contribution is -0.890. The van der Waals surface area contributed by atoms with Crippen molar-refractivity contribution in [2.75, 3.05) is 6.61 Å². The Balaban J connectivity index is 2.51. The van der Waals surface area contributed by atoms with E-state index in [4.69, 9.17) is 4.84 Å². The number of nitrogens with zero attached hydrogens (tertiary/aromatic N) is 2. The molecule has 0 saturated heterocycles. The lowest BCUT2D eigenvalue weighted by Gasteiger charge is -1.93. The number of hydrogen-bond acceptors (Lipinski definition) is 1. The van der Waals surface area contributed by atoms with Crippen LogP contribution in [0, 0.1) is 0 Å². The highest BCUT2D eigenvalue weighted by atomic mass is 16.7. The summed E-state index contributed by atoms with van der Waals surface area (Å²) in [4.78, 5) is 5.29. The predicted octanol–water partition coefficient (Wildman–Crippen LogP) is 0.715. The van der Waals surface area contributed by atoms with Crippen LogP contribution in [0.2, 0.25) is 0 Å². The van der Waals surface area contributed by atoms with Crippen molar-refractivity contribution in [1.82, 2.24) is 4.57 Å². The SMILES string of the molecule is C=Cn1cc[n+](OCCC)c1. The smallest absolute Gasteiger partial charge is 0.288 e. The summed E-state index contributed by atoms with van der Waals surface area (Å²) >= 11 is 0. The normalized spacial score (nSPS) is 9.55. The molecule has 3 nitrogen and oxygen atoms in total. The van der Waals surface area contributed by atoms with E-state index in [0.29, 0.717) is 0 Å². The van der Waals surface area contributed by atoms with E-state index in [9.17, 15) is 0 Å². The molecule has 0 aliphatic carbocycles. The van der Waals surface area contributed by atoms with Gasteiger partial charge in [-0.15, -0.1) is 0 Å². The van der Waals surface area contributed by atoms with Crippen molar-refractivity contribution in [3.8, 4) is 0 Å². The van der Waals surface area contributed by atoms with Crippen molar-refractivity contribution in [3.63, 3.8) is 0 Å². The zero-order valence-corrected chi connectivity index (χ0v) is 6.73. The molecule has 0 saturated carbocycles. The maximum absolute atomic E-state index is 5.29. The van der Waals surface area contributed by atoms with Gasteiger partial charge in [0.15, 0.2) is 6.20 Å². The Morgan fingerprint density at radius 1 is 1.73 bits per heavy atom. The standard InChI is InChI=1S/C8H13N2O/c1-3-7-11-10-6-5-9(4-2)8-10/h4-6,8H,2-3,7H2,1H3/q+1. The third-order valence-corrected chi connectivity index (χ3v) is 1.29. The lowest BCUT2D eigenvalue weighted by Crippen LogP contribution is -2.40. The van der Waals surface area contributed by atoms with Gasteiger partial charge in [-0.05, 0) is 6.42 Å². The summed E-state index contributed by atoms with van der Waals surface area (Å²) < 4.78 is 3.50. The fourth-order valence-corrected chi connectivity index (χ4v) is 0.732. The molecule has 0 amide bonds. The molecule has 0 aromatic carbocycles. The van der Waals surface area contributed by atoms with Crippen LogP contribution in [0.5, 0.6) is 0 Å². The van der Waals surface area contributed by atoms with Crippen LogP contribution in [0.15, 0.2) is 25.3 Å². The third-order valence-electron chi connectivity index (χ3n) is 1.29. The van der Waals surface area contributed by atoms with Gasteiger partial charge < -0.3 is 4.84 Å². The average Bonchev–Trinajstić information content (AvgIpc) is 2.48. The Morgan fingerprint density at radius 3 is 3.09 bits per heavy atom. The molecule has 1 aromatic rings. The van der Waals surface area contributed by atoms with Crippen LogP contribution < -0.4 is 9.57 Å². The van der Waals surface area contributed by atoms with Crippen LogP contribution in [0.3, 0.4) is 0 Å². The van der Waals surface area contributed by atoms with Gasteiger partial charge in [-0.2, -0.15) is 0 Å². The van der Waals surface area contributed by atoms with Crippen LogP contribution in [0.25, 0.3) is 6.20 Å². The van der Waals surface area contributed by atoms with Gasteiger partial charge in [0.2, 0.25) is 0 Å².